The number of aliphatic hydroxyl groups is 1. The number of nitrogens with one attached hydrogen (secondary N) is 1. The van der Waals surface area contributed by atoms with Crippen LogP contribution in [0.3, 0.4) is 0 Å². The quantitative estimate of drug-likeness (QED) is 0.219. The normalized spacial score (nSPS) is 11.5. The number of nitro groups is 1. The highest BCUT2D eigenvalue weighted by atomic mass is 35.5. The number of benzene rings is 3. The fourth-order valence-corrected chi connectivity index (χ4v) is 4.11. The van der Waals surface area contributed by atoms with Gasteiger partial charge in [-0.25, -0.2) is 4.79 Å². The summed E-state index contributed by atoms with van der Waals surface area (Å²) in [5, 5.41) is 33.7. The molecule has 1 amide bonds. The van der Waals surface area contributed by atoms with Crippen LogP contribution in [0.1, 0.15) is 21.5 Å². The van der Waals surface area contributed by atoms with E-state index < -0.39 is 28.5 Å². The molecule has 3 N–H and O–H groups in total. The molecule has 0 radical (unpaired) electrons. The summed E-state index contributed by atoms with van der Waals surface area (Å²) >= 11 is 12.3. The van der Waals surface area contributed by atoms with Crippen molar-refractivity contribution in [2.45, 2.75) is 19.1 Å². The van der Waals surface area contributed by atoms with Gasteiger partial charge < -0.3 is 25.2 Å². The fraction of sp³-hybridized carbons (Fsp3) is 0.231. The Bertz CT molecular complexity index is 1300. The summed E-state index contributed by atoms with van der Waals surface area (Å²) in [5.41, 5.74) is 0.926. The Morgan fingerprint density at radius 2 is 1.76 bits per heavy atom. The van der Waals surface area contributed by atoms with Crippen LogP contribution in [0.5, 0.6) is 5.75 Å². The number of ether oxygens (including phenoxy) is 1. The van der Waals surface area contributed by atoms with Crippen molar-refractivity contribution in [1.29, 1.82) is 0 Å². The van der Waals surface area contributed by atoms with Gasteiger partial charge in [0.25, 0.3) is 11.6 Å². The van der Waals surface area contributed by atoms with Gasteiger partial charge in [-0.1, -0.05) is 41.4 Å². The number of rotatable bonds is 12. The summed E-state index contributed by atoms with van der Waals surface area (Å²) in [5.74, 6) is -1.71. The molecule has 200 valence electrons. The standard InChI is InChI=1S/C26H25Cl2N3O7/c1-30(11-12-32)17-7-10-24(31(36)37)19(14-17)25(33)29-23(26(34)35)13-16-5-8-18(9-6-16)38-15-20-21(27)3-2-4-22(20)28/h2-10,14,23,32H,11-13,15H2,1H3,(H,29,33)(H,34,35). The highest BCUT2D eigenvalue weighted by Crippen LogP contribution is 2.27. The third kappa shape index (κ3) is 7.34. The number of carbonyl (C=O) groups is 2. The molecule has 0 aliphatic heterocycles. The Hall–Kier alpha value is -3.86. The molecule has 0 saturated heterocycles. The Morgan fingerprint density at radius 1 is 1.11 bits per heavy atom. The zero-order chi connectivity index (χ0) is 27.8. The Balaban J connectivity index is 1.72. The molecular weight excluding hydrogens is 537 g/mol. The molecule has 0 aliphatic carbocycles. The number of aliphatic hydroxyl groups excluding tert-OH is 1. The molecule has 1 atom stereocenters. The van der Waals surface area contributed by atoms with Gasteiger partial charge >= 0.3 is 5.97 Å². The van der Waals surface area contributed by atoms with Crippen LogP contribution in [-0.4, -0.2) is 53.3 Å². The van der Waals surface area contributed by atoms with Crippen molar-refractivity contribution in [3.63, 3.8) is 0 Å². The van der Waals surface area contributed by atoms with Crippen molar-refractivity contribution in [1.82, 2.24) is 5.32 Å². The lowest BCUT2D eigenvalue weighted by Crippen LogP contribution is -2.42. The monoisotopic (exact) mass is 561 g/mol. The van der Waals surface area contributed by atoms with E-state index in [-0.39, 0.29) is 31.7 Å². The first-order chi connectivity index (χ1) is 18.1. The van der Waals surface area contributed by atoms with E-state index >= 15 is 0 Å². The number of anilines is 1. The van der Waals surface area contributed by atoms with E-state index in [9.17, 15) is 24.8 Å². The van der Waals surface area contributed by atoms with Gasteiger partial charge in [-0.3, -0.25) is 14.9 Å². The molecule has 3 aromatic carbocycles. The van der Waals surface area contributed by atoms with Gasteiger partial charge in [0, 0.05) is 47.4 Å². The van der Waals surface area contributed by atoms with Gasteiger partial charge in [-0.15, -0.1) is 0 Å². The molecule has 3 aromatic rings. The van der Waals surface area contributed by atoms with Crippen molar-refractivity contribution in [3.8, 4) is 5.75 Å². The van der Waals surface area contributed by atoms with Gasteiger partial charge in [0.05, 0.1) is 11.5 Å². The van der Waals surface area contributed by atoms with E-state index in [0.717, 1.165) is 0 Å². The predicted molar refractivity (Wildman–Crippen MR) is 143 cm³/mol. The number of nitro benzene ring substituents is 1. The number of nitrogens with zero attached hydrogens (tertiary/aromatic N) is 2. The van der Waals surface area contributed by atoms with Crippen molar-refractivity contribution in [3.05, 3.63) is 97.5 Å². The van der Waals surface area contributed by atoms with Crippen LogP contribution >= 0.6 is 23.2 Å². The minimum atomic E-state index is -1.35. The number of likely N-dealkylation sites (N-methyl/N-ethyl adjacent to an activating group) is 1. The largest absolute Gasteiger partial charge is 0.489 e. The van der Waals surface area contributed by atoms with E-state index in [1.54, 1.807) is 54.4 Å². The maximum Gasteiger partial charge on any atom is 0.326 e. The second kappa shape index (κ2) is 13.1. The molecule has 0 saturated carbocycles. The summed E-state index contributed by atoms with van der Waals surface area (Å²) in [4.78, 5) is 37.2. The number of hydrogen-bond donors (Lipinski definition) is 3. The van der Waals surface area contributed by atoms with Crippen molar-refractivity contribution < 1.29 is 29.5 Å². The van der Waals surface area contributed by atoms with Gasteiger partial charge in [0.2, 0.25) is 0 Å². The lowest BCUT2D eigenvalue weighted by molar-refractivity contribution is -0.385. The number of aliphatic carboxylic acids is 1. The summed E-state index contributed by atoms with van der Waals surface area (Å²) < 4.78 is 5.73. The molecule has 0 bridgehead atoms. The third-order valence-electron chi connectivity index (χ3n) is 5.71. The van der Waals surface area contributed by atoms with Crippen molar-refractivity contribution in [2.24, 2.45) is 0 Å². The van der Waals surface area contributed by atoms with Crippen LogP contribution < -0.4 is 15.0 Å². The summed E-state index contributed by atoms with van der Waals surface area (Å²) in [6.07, 6.45) is -0.0738. The number of hydrogen-bond acceptors (Lipinski definition) is 7. The fourth-order valence-electron chi connectivity index (χ4n) is 3.60. The van der Waals surface area contributed by atoms with Crippen LogP contribution in [-0.2, 0) is 17.8 Å². The van der Waals surface area contributed by atoms with Crippen LogP contribution in [0.2, 0.25) is 10.0 Å². The van der Waals surface area contributed by atoms with E-state index in [1.807, 2.05) is 0 Å². The van der Waals surface area contributed by atoms with E-state index in [1.165, 1.54) is 18.2 Å². The molecule has 3 rings (SSSR count). The Kier molecular flexibility index (Phi) is 9.89. The maximum atomic E-state index is 12.9. The molecule has 0 fully saturated rings. The minimum Gasteiger partial charge on any atom is -0.489 e. The average Bonchev–Trinajstić information content (AvgIpc) is 2.88. The van der Waals surface area contributed by atoms with Crippen LogP contribution in [0.4, 0.5) is 11.4 Å². The lowest BCUT2D eigenvalue weighted by atomic mass is 10.0. The van der Waals surface area contributed by atoms with Crippen molar-refractivity contribution >= 4 is 46.5 Å². The second-order valence-corrected chi connectivity index (χ2v) is 9.12. The molecular formula is C26H25Cl2N3O7. The van der Waals surface area contributed by atoms with Crippen LogP contribution in [0.25, 0.3) is 0 Å². The van der Waals surface area contributed by atoms with E-state index in [4.69, 9.17) is 33.0 Å². The summed E-state index contributed by atoms with van der Waals surface area (Å²) in [6.45, 7) is 0.215. The van der Waals surface area contributed by atoms with Crippen LogP contribution in [0.15, 0.2) is 60.7 Å². The first-order valence-corrected chi connectivity index (χ1v) is 12.1. The van der Waals surface area contributed by atoms with Gasteiger partial charge in [-0.05, 0) is 42.0 Å². The molecule has 12 heteroatoms. The van der Waals surface area contributed by atoms with E-state index in [2.05, 4.69) is 5.32 Å². The van der Waals surface area contributed by atoms with Gasteiger partial charge in [-0.2, -0.15) is 0 Å². The van der Waals surface area contributed by atoms with Crippen LogP contribution in [0, 0.1) is 10.1 Å². The first-order valence-electron chi connectivity index (χ1n) is 11.4. The lowest BCUT2D eigenvalue weighted by Gasteiger charge is -2.19. The SMILES string of the molecule is CN(CCO)c1ccc([N+](=O)[O-])c(C(=O)NC(Cc2ccc(OCc3c(Cl)cccc3Cl)cc2)C(=O)O)c1. The zero-order valence-electron chi connectivity index (χ0n) is 20.3. The zero-order valence-corrected chi connectivity index (χ0v) is 21.8. The molecule has 1 unspecified atom stereocenters. The van der Waals surface area contributed by atoms with Crippen molar-refractivity contribution in [2.75, 3.05) is 25.1 Å². The average molecular weight is 562 g/mol. The number of halogens is 2. The topological polar surface area (TPSA) is 142 Å². The predicted octanol–water partition coefficient (Wildman–Crippen LogP) is 4.33. The minimum absolute atomic E-state index is 0.0738. The maximum absolute atomic E-state index is 12.9. The summed E-state index contributed by atoms with van der Waals surface area (Å²) in [7, 11) is 1.65. The van der Waals surface area contributed by atoms with E-state index in [0.29, 0.717) is 32.6 Å². The molecule has 38 heavy (non-hydrogen) atoms. The van der Waals surface area contributed by atoms with Gasteiger partial charge in [0.15, 0.2) is 0 Å². The highest BCUT2D eigenvalue weighted by molar-refractivity contribution is 6.35. The Morgan fingerprint density at radius 3 is 2.34 bits per heavy atom. The summed E-state index contributed by atoms with van der Waals surface area (Å²) in [6, 6.07) is 14.3. The number of carboxylic acid groups (broad SMARTS) is 1. The smallest absolute Gasteiger partial charge is 0.326 e. The number of carboxylic acids is 1. The second-order valence-electron chi connectivity index (χ2n) is 8.30. The molecule has 0 heterocycles. The Labute approximate surface area is 228 Å². The molecule has 0 aromatic heterocycles. The number of carbonyl (C=O) groups excluding carboxylic acids is 1. The number of amides is 1. The highest BCUT2D eigenvalue weighted by Gasteiger charge is 2.26. The first kappa shape index (κ1) is 28.7. The third-order valence-corrected chi connectivity index (χ3v) is 6.42. The van der Waals surface area contributed by atoms with Gasteiger partial charge in [0.1, 0.15) is 24.0 Å². The molecule has 10 nitrogen and oxygen atoms in total. The molecule has 0 aliphatic rings. The molecule has 0 spiro atoms.